The molecular weight excluding hydrogens is 226 g/mol. The van der Waals surface area contributed by atoms with Gasteiger partial charge in [0, 0.05) is 25.1 Å². The van der Waals surface area contributed by atoms with Gasteiger partial charge in [-0.25, -0.2) is 9.97 Å². The molecule has 92 valence electrons. The van der Waals surface area contributed by atoms with E-state index >= 15 is 0 Å². The van der Waals surface area contributed by atoms with E-state index in [0.29, 0.717) is 11.5 Å². The van der Waals surface area contributed by atoms with Crippen LogP contribution in [0.15, 0.2) is 35.7 Å². The van der Waals surface area contributed by atoms with Gasteiger partial charge in [-0.1, -0.05) is 0 Å². The van der Waals surface area contributed by atoms with Crippen LogP contribution in [0.3, 0.4) is 0 Å². The van der Waals surface area contributed by atoms with Crippen LogP contribution < -0.4 is 5.32 Å². The van der Waals surface area contributed by atoms with Gasteiger partial charge in [-0.15, -0.1) is 0 Å². The van der Waals surface area contributed by atoms with Crippen molar-refractivity contribution in [1.82, 2.24) is 15.0 Å². The highest BCUT2D eigenvalue weighted by Gasteiger charge is 2.06. The Morgan fingerprint density at radius 2 is 2.06 bits per heavy atom. The smallest absolute Gasteiger partial charge is 0.154 e. The summed E-state index contributed by atoms with van der Waals surface area (Å²) in [5, 5.41) is 3.16. The minimum atomic E-state index is 0.653. The van der Waals surface area contributed by atoms with Gasteiger partial charge in [0.15, 0.2) is 5.84 Å². The van der Waals surface area contributed by atoms with Gasteiger partial charge in [-0.2, -0.15) is 0 Å². The molecule has 0 aliphatic rings. The SMILES string of the molecule is CN=C(Nc1cc(C)cc(C)n1)c1cnccn1. The standard InChI is InChI=1S/C13H15N5/c1-9-6-10(2)17-12(7-9)18-13(14-3)11-8-15-4-5-16-11/h4-8H,1-3H3,(H,14,17,18). The molecule has 0 fully saturated rings. The molecule has 2 aromatic heterocycles. The fourth-order valence-corrected chi connectivity index (χ4v) is 1.68. The van der Waals surface area contributed by atoms with Crippen LogP contribution in [-0.2, 0) is 0 Å². The Hall–Kier alpha value is -2.30. The zero-order valence-electron chi connectivity index (χ0n) is 10.7. The van der Waals surface area contributed by atoms with Gasteiger partial charge in [-0.05, 0) is 31.5 Å². The molecule has 0 aromatic carbocycles. The zero-order valence-corrected chi connectivity index (χ0v) is 10.7. The molecule has 18 heavy (non-hydrogen) atoms. The Morgan fingerprint density at radius 3 is 2.67 bits per heavy atom. The molecule has 0 spiro atoms. The van der Waals surface area contributed by atoms with Crippen molar-refractivity contribution in [3.63, 3.8) is 0 Å². The highest BCUT2D eigenvalue weighted by molar-refractivity contribution is 6.06. The number of nitrogens with zero attached hydrogens (tertiary/aromatic N) is 4. The van der Waals surface area contributed by atoms with Crippen molar-refractivity contribution in [2.75, 3.05) is 12.4 Å². The lowest BCUT2D eigenvalue weighted by molar-refractivity contribution is 1.15. The molecule has 5 heteroatoms. The number of aliphatic imine (C=N–C) groups is 1. The molecule has 0 amide bonds. The topological polar surface area (TPSA) is 63.1 Å². The Morgan fingerprint density at radius 1 is 1.22 bits per heavy atom. The number of anilines is 1. The predicted molar refractivity (Wildman–Crippen MR) is 71.8 cm³/mol. The fourth-order valence-electron chi connectivity index (χ4n) is 1.68. The monoisotopic (exact) mass is 241 g/mol. The van der Waals surface area contributed by atoms with E-state index in [4.69, 9.17) is 0 Å². The van der Waals surface area contributed by atoms with Crippen molar-refractivity contribution >= 4 is 11.7 Å². The Balaban J connectivity index is 2.27. The number of aryl methyl sites for hydroxylation is 2. The second-order valence-electron chi connectivity index (χ2n) is 3.96. The third-order valence-corrected chi connectivity index (χ3v) is 2.37. The van der Waals surface area contributed by atoms with Gasteiger partial charge >= 0.3 is 0 Å². The lowest BCUT2D eigenvalue weighted by Gasteiger charge is -2.09. The molecular formula is C13H15N5. The molecule has 2 aromatic rings. The van der Waals surface area contributed by atoms with Gasteiger partial charge in [0.05, 0.1) is 6.20 Å². The summed E-state index contributed by atoms with van der Waals surface area (Å²) >= 11 is 0. The molecule has 0 aliphatic carbocycles. The zero-order chi connectivity index (χ0) is 13.0. The van der Waals surface area contributed by atoms with E-state index in [9.17, 15) is 0 Å². The number of amidine groups is 1. The summed E-state index contributed by atoms with van der Waals surface area (Å²) in [6.07, 6.45) is 4.93. The normalized spacial score (nSPS) is 11.4. The molecule has 1 N–H and O–H groups in total. The number of pyridine rings is 1. The summed E-state index contributed by atoms with van der Waals surface area (Å²) in [7, 11) is 1.71. The van der Waals surface area contributed by atoms with Gasteiger partial charge in [0.2, 0.25) is 0 Å². The third-order valence-electron chi connectivity index (χ3n) is 2.37. The molecule has 2 rings (SSSR count). The molecule has 0 atom stereocenters. The first-order chi connectivity index (χ1) is 8.69. The van der Waals surface area contributed by atoms with Crippen LogP contribution >= 0.6 is 0 Å². The second-order valence-corrected chi connectivity index (χ2v) is 3.96. The summed E-state index contributed by atoms with van der Waals surface area (Å²) in [6, 6.07) is 3.99. The average molecular weight is 241 g/mol. The lowest BCUT2D eigenvalue weighted by Crippen LogP contribution is -2.16. The average Bonchev–Trinajstić information content (AvgIpc) is 2.36. The summed E-state index contributed by atoms with van der Waals surface area (Å²) in [6.45, 7) is 3.99. The van der Waals surface area contributed by atoms with Crippen LogP contribution in [0.1, 0.15) is 17.0 Å². The largest absolute Gasteiger partial charge is 0.323 e. The maximum atomic E-state index is 4.41. The highest BCUT2D eigenvalue weighted by Crippen LogP contribution is 2.10. The molecule has 0 saturated heterocycles. The molecule has 2 heterocycles. The van der Waals surface area contributed by atoms with E-state index in [2.05, 4.69) is 25.3 Å². The van der Waals surface area contributed by atoms with E-state index in [1.54, 1.807) is 25.6 Å². The van der Waals surface area contributed by atoms with Gasteiger partial charge in [0.1, 0.15) is 11.5 Å². The summed E-state index contributed by atoms with van der Waals surface area (Å²) < 4.78 is 0. The van der Waals surface area contributed by atoms with E-state index < -0.39 is 0 Å². The Labute approximate surface area is 106 Å². The van der Waals surface area contributed by atoms with Crippen molar-refractivity contribution in [2.45, 2.75) is 13.8 Å². The van der Waals surface area contributed by atoms with Gasteiger partial charge in [-0.3, -0.25) is 9.98 Å². The molecule has 5 nitrogen and oxygen atoms in total. The molecule has 0 saturated carbocycles. The maximum Gasteiger partial charge on any atom is 0.154 e. The Bertz CT molecular complexity index is 543. The first kappa shape index (κ1) is 12.2. The van der Waals surface area contributed by atoms with E-state index in [-0.39, 0.29) is 0 Å². The number of aromatic nitrogens is 3. The predicted octanol–water partition coefficient (Wildman–Crippen LogP) is 1.98. The maximum absolute atomic E-state index is 4.41. The van der Waals surface area contributed by atoms with Crippen molar-refractivity contribution in [1.29, 1.82) is 0 Å². The van der Waals surface area contributed by atoms with Crippen LogP contribution in [0, 0.1) is 13.8 Å². The Kier molecular flexibility index (Phi) is 3.62. The molecule has 0 bridgehead atoms. The highest BCUT2D eigenvalue weighted by atomic mass is 15.1. The number of hydrogen-bond acceptors (Lipinski definition) is 4. The second kappa shape index (κ2) is 5.35. The fraction of sp³-hybridized carbons (Fsp3) is 0.231. The van der Waals surface area contributed by atoms with Crippen molar-refractivity contribution in [3.8, 4) is 0 Å². The first-order valence-electron chi connectivity index (χ1n) is 5.64. The number of nitrogens with one attached hydrogen (secondary N) is 1. The van der Waals surface area contributed by atoms with Crippen LogP contribution in [0.25, 0.3) is 0 Å². The molecule has 0 radical (unpaired) electrons. The van der Waals surface area contributed by atoms with Crippen LogP contribution in [0.5, 0.6) is 0 Å². The third kappa shape index (κ3) is 2.88. The van der Waals surface area contributed by atoms with Gasteiger partial charge in [0.25, 0.3) is 0 Å². The minimum Gasteiger partial charge on any atom is -0.323 e. The summed E-state index contributed by atoms with van der Waals surface area (Å²) in [5.74, 6) is 1.42. The first-order valence-corrected chi connectivity index (χ1v) is 5.64. The molecule has 0 unspecified atom stereocenters. The quantitative estimate of drug-likeness (QED) is 0.645. The van der Waals surface area contributed by atoms with Crippen LogP contribution in [0.4, 0.5) is 5.82 Å². The van der Waals surface area contributed by atoms with Crippen molar-refractivity contribution in [2.24, 2.45) is 4.99 Å². The summed E-state index contributed by atoms with van der Waals surface area (Å²) in [5.41, 5.74) is 2.81. The summed E-state index contributed by atoms with van der Waals surface area (Å²) in [4.78, 5) is 16.8. The molecule has 0 aliphatic heterocycles. The van der Waals surface area contributed by atoms with Crippen molar-refractivity contribution < 1.29 is 0 Å². The van der Waals surface area contributed by atoms with E-state index in [1.165, 1.54) is 0 Å². The number of rotatable bonds is 2. The lowest BCUT2D eigenvalue weighted by atomic mass is 10.2. The van der Waals surface area contributed by atoms with E-state index in [0.717, 1.165) is 17.1 Å². The van der Waals surface area contributed by atoms with Gasteiger partial charge < -0.3 is 5.32 Å². The number of hydrogen-bond donors (Lipinski definition) is 1. The minimum absolute atomic E-state index is 0.653. The van der Waals surface area contributed by atoms with E-state index in [1.807, 2.05) is 26.0 Å². The van der Waals surface area contributed by atoms with Crippen molar-refractivity contribution in [3.05, 3.63) is 47.7 Å². The van der Waals surface area contributed by atoms with Crippen LogP contribution in [0.2, 0.25) is 0 Å². The van der Waals surface area contributed by atoms with Crippen LogP contribution in [-0.4, -0.2) is 27.8 Å².